The van der Waals surface area contributed by atoms with Crippen LogP contribution in [0.2, 0.25) is 0 Å². The fraction of sp³-hybridized carbons (Fsp3) is 0.111. The molecule has 1 heterocycles. The Morgan fingerprint density at radius 3 is 3.27 bits per heavy atom. The van der Waals surface area contributed by atoms with E-state index < -0.39 is 0 Å². The summed E-state index contributed by atoms with van der Waals surface area (Å²) in [6.45, 7) is 0. The Labute approximate surface area is 64.5 Å². The standard InChI is InChI=1S/C9H7FN/c10-8-4-3-7-2-1-5-11-9(7)6-8/h3-6,11H,2H2. The number of benzene rings is 1. The third-order valence-corrected chi connectivity index (χ3v) is 1.69. The molecule has 0 amide bonds. The zero-order valence-corrected chi connectivity index (χ0v) is 5.89. The summed E-state index contributed by atoms with van der Waals surface area (Å²) in [6.07, 6.45) is 5.48. The monoisotopic (exact) mass is 148 g/mol. The van der Waals surface area contributed by atoms with Gasteiger partial charge in [-0.3, -0.25) is 0 Å². The molecule has 1 N–H and O–H groups in total. The number of anilines is 1. The van der Waals surface area contributed by atoms with Gasteiger partial charge in [0.25, 0.3) is 0 Å². The molecular weight excluding hydrogens is 141 g/mol. The molecule has 1 aromatic rings. The van der Waals surface area contributed by atoms with E-state index >= 15 is 0 Å². The Morgan fingerprint density at radius 1 is 1.45 bits per heavy atom. The van der Waals surface area contributed by atoms with Gasteiger partial charge in [-0.25, -0.2) is 4.39 Å². The smallest absolute Gasteiger partial charge is 0.125 e. The maximum atomic E-state index is 12.6. The van der Waals surface area contributed by atoms with Crippen molar-refractivity contribution < 1.29 is 4.39 Å². The molecular formula is C9H7FN. The predicted octanol–water partition coefficient (Wildman–Crippen LogP) is 2.11. The molecule has 1 nitrogen and oxygen atoms in total. The number of hydrogen-bond donors (Lipinski definition) is 1. The van der Waals surface area contributed by atoms with Crippen LogP contribution < -0.4 is 5.32 Å². The van der Waals surface area contributed by atoms with Gasteiger partial charge < -0.3 is 5.32 Å². The lowest BCUT2D eigenvalue weighted by atomic mass is 10.1. The molecule has 0 aromatic heterocycles. The van der Waals surface area contributed by atoms with Crippen LogP contribution in [0.3, 0.4) is 0 Å². The number of nitrogens with one attached hydrogen (secondary N) is 1. The van der Waals surface area contributed by atoms with Crippen molar-refractivity contribution in [2.45, 2.75) is 6.42 Å². The number of halogens is 1. The molecule has 2 heteroatoms. The molecule has 1 aliphatic heterocycles. The lowest BCUT2D eigenvalue weighted by Gasteiger charge is -2.11. The summed E-state index contributed by atoms with van der Waals surface area (Å²) < 4.78 is 12.6. The highest BCUT2D eigenvalue weighted by molar-refractivity contribution is 5.55. The van der Waals surface area contributed by atoms with Crippen molar-refractivity contribution in [3.63, 3.8) is 0 Å². The molecule has 0 bridgehead atoms. The Kier molecular flexibility index (Phi) is 1.39. The number of hydrogen-bond acceptors (Lipinski definition) is 1. The average molecular weight is 148 g/mol. The van der Waals surface area contributed by atoms with Crippen molar-refractivity contribution in [3.05, 3.63) is 41.9 Å². The van der Waals surface area contributed by atoms with Gasteiger partial charge in [0, 0.05) is 18.3 Å². The maximum Gasteiger partial charge on any atom is 0.125 e. The van der Waals surface area contributed by atoms with Crippen LogP contribution in [-0.4, -0.2) is 0 Å². The molecule has 0 aliphatic carbocycles. The zero-order chi connectivity index (χ0) is 7.68. The van der Waals surface area contributed by atoms with E-state index in [4.69, 9.17) is 0 Å². The Balaban J connectivity index is 2.48. The van der Waals surface area contributed by atoms with Crippen LogP contribution in [0.5, 0.6) is 0 Å². The number of allylic oxidation sites excluding steroid dienone is 1. The van der Waals surface area contributed by atoms with E-state index in [1.54, 1.807) is 12.3 Å². The largest absolute Gasteiger partial charge is 0.361 e. The second kappa shape index (κ2) is 2.38. The second-order valence-corrected chi connectivity index (χ2v) is 2.47. The Hall–Kier alpha value is -1.31. The van der Waals surface area contributed by atoms with Crippen LogP contribution in [-0.2, 0) is 6.42 Å². The molecule has 1 aliphatic rings. The van der Waals surface area contributed by atoms with Gasteiger partial charge in [0.05, 0.1) is 0 Å². The van der Waals surface area contributed by atoms with Crippen LogP contribution >= 0.6 is 0 Å². The Bertz CT molecular complexity index is 304. The third kappa shape index (κ3) is 1.11. The third-order valence-electron chi connectivity index (χ3n) is 1.69. The van der Waals surface area contributed by atoms with Crippen LogP contribution in [0.1, 0.15) is 5.56 Å². The van der Waals surface area contributed by atoms with Crippen molar-refractivity contribution >= 4 is 5.69 Å². The van der Waals surface area contributed by atoms with Gasteiger partial charge >= 0.3 is 0 Å². The first-order valence-corrected chi connectivity index (χ1v) is 3.46. The molecule has 1 radical (unpaired) electrons. The first kappa shape index (κ1) is 6.40. The van der Waals surface area contributed by atoms with Gasteiger partial charge in [-0.1, -0.05) is 6.07 Å². The van der Waals surface area contributed by atoms with Gasteiger partial charge in [0.2, 0.25) is 0 Å². The van der Waals surface area contributed by atoms with Gasteiger partial charge in [-0.15, -0.1) is 0 Å². The molecule has 1 aromatic carbocycles. The molecule has 0 saturated heterocycles. The van der Waals surface area contributed by atoms with Gasteiger partial charge in [-0.05, 0) is 23.8 Å². The van der Waals surface area contributed by atoms with Gasteiger partial charge in [0.1, 0.15) is 5.82 Å². The van der Waals surface area contributed by atoms with Crippen LogP contribution in [0.15, 0.2) is 24.4 Å². The van der Waals surface area contributed by atoms with E-state index in [1.165, 1.54) is 12.1 Å². The predicted molar refractivity (Wildman–Crippen MR) is 41.5 cm³/mol. The van der Waals surface area contributed by atoms with E-state index in [0.717, 1.165) is 17.7 Å². The Morgan fingerprint density at radius 2 is 2.36 bits per heavy atom. The summed E-state index contributed by atoms with van der Waals surface area (Å²) >= 11 is 0. The minimum Gasteiger partial charge on any atom is -0.361 e. The summed E-state index contributed by atoms with van der Waals surface area (Å²) in [5, 5.41) is 2.93. The summed E-state index contributed by atoms with van der Waals surface area (Å²) in [5.74, 6) is -0.202. The van der Waals surface area contributed by atoms with E-state index in [-0.39, 0.29) is 5.82 Å². The lowest BCUT2D eigenvalue weighted by molar-refractivity contribution is 0.627. The molecule has 0 spiro atoms. The van der Waals surface area contributed by atoms with Crippen molar-refractivity contribution in [2.75, 3.05) is 5.32 Å². The van der Waals surface area contributed by atoms with Crippen molar-refractivity contribution in [1.82, 2.24) is 0 Å². The van der Waals surface area contributed by atoms with Crippen LogP contribution in [0, 0.1) is 11.9 Å². The van der Waals surface area contributed by atoms with Crippen LogP contribution in [0.4, 0.5) is 10.1 Å². The van der Waals surface area contributed by atoms with Crippen LogP contribution in [0.25, 0.3) is 0 Å². The van der Waals surface area contributed by atoms with Crippen molar-refractivity contribution in [1.29, 1.82) is 0 Å². The second-order valence-electron chi connectivity index (χ2n) is 2.47. The number of fused-ring (bicyclic) bond motifs is 1. The minimum atomic E-state index is -0.202. The first-order chi connectivity index (χ1) is 5.36. The van der Waals surface area contributed by atoms with E-state index in [2.05, 4.69) is 11.4 Å². The average Bonchev–Trinajstić information content (AvgIpc) is 2.04. The molecule has 55 valence electrons. The fourth-order valence-corrected chi connectivity index (χ4v) is 1.13. The lowest BCUT2D eigenvalue weighted by Crippen LogP contribution is -2.00. The summed E-state index contributed by atoms with van der Waals surface area (Å²) in [6, 6.07) is 4.73. The number of rotatable bonds is 0. The quantitative estimate of drug-likeness (QED) is 0.594. The highest BCUT2D eigenvalue weighted by Crippen LogP contribution is 2.20. The summed E-state index contributed by atoms with van der Waals surface area (Å²) in [5.41, 5.74) is 1.94. The molecule has 0 atom stereocenters. The van der Waals surface area contributed by atoms with E-state index in [0.29, 0.717) is 0 Å². The molecule has 0 fully saturated rings. The van der Waals surface area contributed by atoms with Gasteiger partial charge in [0.15, 0.2) is 0 Å². The van der Waals surface area contributed by atoms with Crippen molar-refractivity contribution in [2.24, 2.45) is 0 Å². The maximum absolute atomic E-state index is 12.6. The normalized spacial score (nSPS) is 13.9. The molecule has 11 heavy (non-hydrogen) atoms. The molecule has 2 rings (SSSR count). The highest BCUT2D eigenvalue weighted by atomic mass is 19.1. The topological polar surface area (TPSA) is 12.0 Å². The van der Waals surface area contributed by atoms with E-state index in [9.17, 15) is 4.39 Å². The summed E-state index contributed by atoms with van der Waals surface area (Å²) in [7, 11) is 0. The summed E-state index contributed by atoms with van der Waals surface area (Å²) in [4.78, 5) is 0. The minimum absolute atomic E-state index is 0.202. The molecule has 0 saturated carbocycles. The molecule has 0 unspecified atom stereocenters. The van der Waals surface area contributed by atoms with Crippen molar-refractivity contribution in [3.8, 4) is 0 Å². The fourth-order valence-electron chi connectivity index (χ4n) is 1.13. The SMILES string of the molecule is Fc1ccc2c(c1)NC=[C]C2. The first-order valence-electron chi connectivity index (χ1n) is 3.46. The van der Waals surface area contributed by atoms with Gasteiger partial charge in [-0.2, -0.15) is 0 Å². The highest BCUT2D eigenvalue weighted by Gasteiger charge is 2.04. The van der Waals surface area contributed by atoms with E-state index in [1.807, 2.05) is 0 Å². The zero-order valence-electron chi connectivity index (χ0n) is 5.89.